The first kappa shape index (κ1) is 15.4. The van der Waals surface area contributed by atoms with Crippen molar-refractivity contribution in [2.45, 2.75) is 4.90 Å². The Bertz CT molecular complexity index is 757. The van der Waals surface area contributed by atoms with E-state index in [1.165, 1.54) is 0 Å². The minimum atomic E-state index is -2.22. The van der Waals surface area contributed by atoms with E-state index in [0.717, 1.165) is 21.9 Å². The number of rotatable bonds is 2. The standard InChI is InChI=1S/C16H12O2S.Na/c17-19(18)16-11-5-9-14-13(8-4-10-15(14)16)12-6-2-1-3-7-12;/h1-11H,(H,17,18);/q;+1/p-1. The number of benzene rings is 3. The normalized spacial score (nSPS) is 11.8. The Hall–Kier alpha value is -0.970. The Labute approximate surface area is 142 Å². The van der Waals surface area contributed by atoms with Gasteiger partial charge in [0.15, 0.2) is 0 Å². The third kappa shape index (κ3) is 2.87. The molecule has 0 N–H and O–H groups in total. The third-order valence-electron chi connectivity index (χ3n) is 3.15. The predicted molar refractivity (Wildman–Crippen MR) is 76.6 cm³/mol. The second-order valence-electron chi connectivity index (χ2n) is 4.26. The van der Waals surface area contributed by atoms with Gasteiger partial charge in [-0.1, -0.05) is 60.7 Å². The Kier molecular flexibility index (Phi) is 5.13. The van der Waals surface area contributed by atoms with Crippen LogP contribution in [0.25, 0.3) is 21.9 Å². The van der Waals surface area contributed by atoms with Gasteiger partial charge in [0.2, 0.25) is 0 Å². The summed E-state index contributed by atoms with van der Waals surface area (Å²) in [5.41, 5.74) is 2.13. The molecule has 0 amide bonds. The van der Waals surface area contributed by atoms with Gasteiger partial charge < -0.3 is 4.55 Å². The second kappa shape index (κ2) is 6.66. The molecule has 0 saturated heterocycles. The summed E-state index contributed by atoms with van der Waals surface area (Å²) < 4.78 is 22.5. The van der Waals surface area contributed by atoms with Gasteiger partial charge in [0.25, 0.3) is 0 Å². The Morgan fingerprint density at radius 2 is 1.40 bits per heavy atom. The first-order valence-electron chi connectivity index (χ1n) is 5.94. The maximum Gasteiger partial charge on any atom is 1.00 e. The summed E-state index contributed by atoms with van der Waals surface area (Å²) in [5.74, 6) is 0. The minimum absolute atomic E-state index is 0. The molecule has 0 fully saturated rings. The van der Waals surface area contributed by atoms with E-state index in [2.05, 4.69) is 0 Å². The summed E-state index contributed by atoms with van der Waals surface area (Å²) >= 11 is -2.22. The molecular weight excluding hydrogens is 279 g/mol. The van der Waals surface area contributed by atoms with Crippen molar-refractivity contribution < 1.29 is 38.3 Å². The van der Waals surface area contributed by atoms with Crippen LogP contribution in [0.4, 0.5) is 0 Å². The van der Waals surface area contributed by atoms with Crippen molar-refractivity contribution in [2.75, 3.05) is 0 Å². The fourth-order valence-corrected chi connectivity index (χ4v) is 2.84. The molecule has 20 heavy (non-hydrogen) atoms. The summed E-state index contributed by atoms with van der Waals surface area (Å²) in [5, 5.41) is 1.72. The van der Waals surface area contributed by atoms with Crippen molar-refractivity contribution in [3.05, 3.63) is 66.7 Å². The monoisotopic (exact) mass is 290 g/mol. The van der Waals surface area contributed by atoms with Crippen LogP contribution in [0, 0.1) is 0 Å². The van der Waals surface area contributed by atoms with Gasteiger partial charge >= 0.3 is 29.6 Å². The van der Waals surface area contributed by atoms with Crippen molar-refractivity contribution in [1.29, 1.82) is 0 Å². The summed E-state index contributed by atoms with van der Waals surface area (Å²) in [7, 11) is 0. The van der Waals surface area contributed by atoms with Crippen molar-refractivity contribution in [3.63, 3.8) is 0 Å². The van der Waals surface area contributed by atoms with Crippen LogP contribution in [0.5, 0.6) is 0 Å². The summed E-state index contributed by atoms with van der Waals surface area (Å²) in [6, 6.07) is 21.1. The third-order valence-corrected chi connectivity index (χ3v) is 3.86. The van der Waals surface area contributed by atoms with Crippen LogP contribution in [0.2, 0.25) is 0 Å². The molecule has 0 spiro atoms. The van der Waals surface area contributed by atoms with E-state index < -0.39 is 11.1 Å². The van der Waals surface area contributed by atoms with Gasteiger partial charge in [-0.2, -0.15) is 0 Å². The molecule has 0 aliphatic heterocycles. The zero-order chi connectivity index (χ0) is 13.2. The molecule has 0 bridgehead atoms. The number of hydrogen-bond donors (Lipinski definition) is 0. The number of hydrogen-bond acceptors (Lipinski definition) is 2. The van der Waals surface area contributed by atoms with Crippen molar-refractivity contribution in [2.24, 2.45) is 0 Å². The van der Waals surface area contributed by atoms with Gasteiger partial charge in [-0.05, 0) is 39.0 Å². The largest absolute Gasteiger partial charge is 1.00 e. The molecule has 94 valence electrons. The molecule has 1 unspecified atom stereocenters. The van der Waals surface area contributed by atoms with Gasteiger partial charge in [0.05, 0.1) is 0 Å². The SMILES string of the molecule is O=S([O-])c1cccc2c(-c3ccccc3)cccc12.[Na+]. The van der Waals surface area contributed by atoms with Crippen molar-refractivity contribution >= 4 is 21.9 Å². The van der Waals surface area contributed by atoms with E-state index >= 15 is 0 Å². The molecule has 3 aromatic rings. The van der Waals surface area contributed by atoms with Gasteiger partial charge in [0.1, 0.15) is 0 Å². The average Bonchev–Trinajstić information content (AvgIpc) is 2.46. The van der Waals surface area contributed by atoms with E-state index in [-0.39, 0.29) is 29.6 Å². The molecule has 1 atom stereocenters. The zero-order valence-electron chi connectivity index (χ0n) is 11.1. The summed E-state index contributed by atoms with van der Waals surface area (Å²) in [6.07, 6.45) is 0. The Morgan fingerprint density at radius 1 is 0.750 bits per heavy atom. The molecule has 0 aliphatic carbocycles. The molecular formula is C16H11NaO2S. The van der Waals surface area contributed by atoms with Crippen LogP contribution in [-0.2, 0) is 11.1 Å². The van der Waals surface area contributed by atoms with E-state index in [4.69, 9.17) is 0 Å². The van der Waals surface area contributed by atoms with E-state index in [1.807, 2.05) is 54.6 Å². The molecule has 2 nitrogen and oxygen atoms in total. The van der Waals surface area contributed by atoms with Crippen LogP contribution in [0.15, 0.2) is 71.6 Å². The summed E-state index contributed by atoms with van der Waals surface area (Å²) in [6.45, 7) is 0. The molecule has 0 aromatic heterocycles. The topological polar surface area (TPSA) is 40.1 Å². The molecule has 0 heterocycles. The Morgan fingerprint density at radius 3 is 2.10 bits per heavy atom. The first-order valence-corrected chi connectivity index (χ1v) is 7.01. The van der Waals surface area contributed by atoms with Crippen LogP contribution in [-0.4, -0.2) is 8.76 Å². The van der Waals surface area contributed by atoms with Gasteiger partial charge in [0, 0.05) is 4.90 Å². The van der Waals surface area contributed by atoms with Gasteiger partial charge in [-0.15, -0.1) is 0 Å². The van der Waals surface area contributed by atoms with Crippen LogP contribution in [0.1, 0.15) is 0 Å². The fourth-order valence-electron chi connectivity index (χ4n) is 2.30. The Balaban J connectivity index is 0.00000147. The minimum Gasteiger partial charge on any atom is -0.768 e. The van der Waals surface area contributed by atoms with Crippen LogP contribution in [0.3, 0.4) is 0 Å². The molecule has 0 saturated carbocycles. The van der Waals surface area contributed by atoms with E-state index in [1.54, 1.807) is 12.1 Å². The average molecular weight is 290 g/mol. The molecule has 0 radical (unpaired) electrons. The van der Waals surface area contributed by atoms with Crippen molar-refractivity contribution in [1.82, 2.24) is 0 Å². The van der Waals surface area contributed by atoms with Crippen LogP contribution < -0.4 is 29.6 Å². The smallest absolute Gasteiger partial charge is 0.768 e. The van der Waals surface area contributed by atoms with Gasteiger partial charge in [-0.3, -0.25) is 4.21 Å². The first-order chi connectivity index (χ1) is 9.27. The molecule has 3 aromatic carbocycles. The number of fused-ring (bicyclic) bond motifs is 1. The maximum absolute atomic E-state index is 11.3. The van der Waals surface area contributed by atoms with E-state index in [9.17, 15) is 8.76 Å². The fraction of sp³-hybridized carbons (Fsp3) is 0. The van der Waals surface area contributed by atoms with Gasteiger partial charge in [-0.25, -0.2) is 0 Å². The maximum atomic E-state index is 11.3. The predicted octanol–water partition coefficient (Wildman–Crippen LogP) is 0.749. The molecule has 0 aliphatic rings. The molecule has 4 heteroatoms. The molecule has 3 rings (SSSR count). The quantitative estimate of drug-likeness (QED) is 0.516. The summed E-state index contributed by atoms with van der Waals surface area (Å²) in [4.78, 5) is 0.343. The van der Waals surface area contributed by atoms with Crippen LogP contribution >= 0.6 is 0 Å². The second-order valence-corrected chi connectivity index (χ2v) is 5.17. The van der Waals surface area contributed by atoms with E-state index in [0.29, 0.717) is 4.90 Å². The zero-order valence-corrected chi connectivity index (χ0v) is 13.9. The van der Waals surface area contributed by atoms with Crippen molar-refractivity contribution in [3.8, 4) is 11.1 Å².